The van der Waals surface area contributed by atoms with Crippen molar-refractivity contribution in [2.24, 2.45) is 5.41 Å². The minimum absolute atomic E-state index is 0.0387. The highest BCUT2D eigenvalue weighted by Gasteiger charge is 2.46. The molecule has 130 valence electrons. The van der Waals surface area contributed by atoms with Crippen LogP contribution in [0.2, 0.25) is 0 Å². The smallest absolute Gasteiger partial charge is 0.257 e. The summed E-state index contributed by atoms with van der Waals surface area (Å²) in [5, 5.41) is 2.99. The minimum atomic E-state index is 0.0387. The van der Waals surface area contributed by atoms with Crippen LogP contribution in [-0.2, 0) is 4.79 Å². The fourth-order valence-electron chi connectivity index (χ4n) is 4.22. The highest BCUT2D eigenvalue weighted by molar-refractivity contribution is 5.98. The third-order valence-corrected chi connectivity index (χ3v) is 5.60. The number of hydrogen-bond donors (Lipinski definition) is 1. The van der Waals surface area contributed by atoms with Crippen molar-refractivity contribution in [1.82, 2.24) is 14.8 Å². The van der Waals surface area contributed by atoms with E-state index in [1.54, 1.807) is 26.2 Å². The molecule has 1 unspecified atom stereocenters. The largest absolute Gasteiger partial charge is 0.372 e. The summed E-state index contributed by atoms with van der Waals surface area (Å²) in [5.41, 5.74) is 0.809. The van der Waals surface area contributed by atoms with E-state index in [1.165, 1.54) is 0 Å². The summed E-state index contributed by atoms with van der Waals surface area (Å²) in [7, 11) is 3.81. The first kappa shape index (κ1) is 16.9. The van der Waals surface area contributed by atoms with Crippen molar-refractivity contribution in [1.29, 1.82) is 0 Å². The fraction of sp³-hybridized carbons (Fsp3) is 0.611. The van der Waals surface area contributed by atoms with E-state index >= 15 is 0 Å². The SMILES string of the molecule is CNc1ncccc1C(=O)N1CCC2(CC1)CC(C(C)=O)N(C)C2. The van der Waals surface area contributed by atoms with Crippen LogP contribution >= 0.6 is 0 Å². The maximum absolute atomic E-state index is 12.8. The van der Waals surface area contributed by atoms with Gasteiger partial charge in [0.15, 0.2) is 0 Å². The van der Waals surface area contributed by atoms with Gasteiger partial charge < -0.3 is 10.2 Å². The van der Waals surface area contributed by atoms with Gasteiger partial charge in [-0.15, -0.1) is 0 Å². The maximum Gasteiger partial charge on any atom is 0.257 e. The fourth-order valence-corrected chi connectivity index (χ4v) is 4.22. The molecule has 24 heavy (non-hydrogen) atoms. The van der Waals surface area contributed by atoms with Crippen molar-refractivity contribution in [3.8, 4) is 0 Å². The van der Waals surface area contributed by atoms with E-state index in [1.807, 2.05) is 18.0 Å². The molecule has 2 aliphatic heterocycles. The third kappa shape index (κ3) is 3.02. The minimum Gasteiger partial charge on any atom is -0.372 e. The van der Waals surface area contributed by atoms with Crippen LogP contribution in [0.25, 0.3) is 0 Å². The summed E-state index contributed by atoms with van der Waals surface area (Å²) in [5.74, 6) is 0.915. The molecule has 0 radical (unpaired) electrons. The topological polar surface area (TPSA) is 65.5 Å². The van der Waals surface area contributed by atoms with Crippen LogP contribution in [0.1, 0.15) is 36.5 Å². The zero-order chi connectivity index (χ0) is 17.3. The number of ketones is 1. The normalized spacial score (nSPS) is 23.5. The van der Waals surface area contributed by atoms with E-state index in [0.29, 0.717) is 11.4 Å². The Labute approximate surface area is 143 Å². The maximum atomic E-state index is 12.8. The molecule has 3 rings (SSSR count). The first-order valence-electron chi connectivity index (χ1n) is 8.58. The molecule has 1 amide bonds. The number of nitrogens with zero attached hydrogens (tertiary/aromatic N) is 3. The summed E-state index contributed by atoms with van der Waals surface area (Å²) in [6, 6.07) is 3.66. The first-order chi connectivity index (χ1) is 11.5. The van der Waals surface area contributed by atoms with Crippen LogP contribution in [0.15, 0.2) is 18.3 Å². The van der Waals surface area contributed by atoms with Gasteiger partial charge in [-0.25, -0.2) is 4.98 Å². The number of piperidine rings is 1. The molecule has 3 heterocycles. The highest BCUT2D eigenvalue weighted by atomic mass is 16.2. The Morgan fingerprint density at radius 1 is 1.33 bits per heavy atom. The van der Waals surface area contributed by atoms with Gasteiger partial charge in [-0.1, -0.05) is 0 Å². The molecule has 0 saturated carbocycles. The molecular formula is C18H26N4O2. The Bertz CT molecular complexity index is 638. The molecule has 0 aliphatic carbocycles. The molecule has 0 bridgehead atoms. The van der Waals surface area contributed by atoms with Gasteiger partial charge >= 0.3 is 0 Å². The van der Waals surface area contributed by atoms with E-state index in [4.69, 9.17) is 0 Å². The molecule has 1 N–H and O–H groups in total. The van der Waals surface area contributed by atoms with Crippen LogP contribution in [0.4, 0.5) is 5.82 Å². The lowest BCUT2D eigenvalue weighted by atomic mass is 9.76. The van der Waals surface area contributed by atoms with Gasteiger partial charge in [0.05, 0.1) is 11.6 Å². The number of likely N-dealkylation sites (tertiary alicyclic amines) is 2. The average Bonchev–Trinajstić information content (AvgIpc) is 2.91. The lowest BCUT2D eigenvalue weighted by Gasteiger charge is -2.39. The lowest BCUT2D eigenvalue weighted by Crippen LogP contribution is -2.44. The number of likely N-dealkylation sites (N-methyl/N-ethyl adjacent to an activating group) is 1. The molecule has 2 aliphatic rings. The van der Waals surface area contributed by atoms with Crippen molar-refractivity contribution in [3.05, 3.63) is 23.9 Å². The number of nitrogens with one attached hydrogen (secondary N) is 1. The molecule has 2 saturated heterocycles. The summed E-state index contributed by atoms with van der Waals surface area (Å²) in [4.78, 5) is 32.9. The first-order valence-corrected chi connectivity index (χ1v) is 8.58. The lowest BCUT2D eigenvalue weighted by molar-refractivity contribution is -0.120. The second-order valence-electron chi connectivity index (χ2n) is 7.19. The average molecular weight is 330 g/mol. The van der Waals surface area contributed by atoms with Crippen molar-refractivity contribution in [3.63, 3.8) is 0 Å². The second-order valence-corrected chi connectivity index (χ2v) is 7.19. The van der Waals surface area contributed by atoms with E-state index in [-0.39, 0.29) is 23.1 Å². The van der Waals surface area contributed by atoms with Crippen LogP contribution in [0, 0.1) is 5.41 Å². The predicted octanol–water partition coefficient (Wildman–Crippen LogP) is 1.64. The van der Waals surface area contributed by atoms with E-state index < -0.39 is 0 Å². The predicted molar refractivity (Wildman–Crippen MR) is 93.1 cm³/mol. The Balaban J connectivity index is 1.67. The molecule has 1 aromatic rings. The third-order valence-electron chi connectivity index (χ3n) is 5.60. The van der Waals surface area contributed by atoms with Crippen LogP contribution in [0.5, 0.6) is 0 Å². The number of amides is 1. The number of hydrogen-bond acceptors (Lipinski definition) is 5. The summed E-state index contributed by atoms with van der Waals surface area (Å²) in [6.07, 6.45) is 4.53. The molecule has 6 nitrogen and oxygen atoms in total. The Hall–Kier alpha value is -1.95. The van der Waals surface area contributed by atoms with Crippen LogP contribution in [-0.4, -0.2) is 66.2 Å². The quantitative estimate of drug-likeness (QED) is 0.913. The van der Waals surface area contributed by atoms with Gasteiger partial charge in [0.1, 0.15) is 11.6 Å². The summed E-state index contributed by atoms with van der Waals surface area (Å²) < 4.78 is 0. The van der Waals surface area contributed by atoms with Crippen molar-refractivity contribution >= 4 is 17.5 Å². The van der Waals surface area contributed by atoms with Crippen molar-refractivity contribution < 1.29 is 9.59 Å². The highest BCUT2D eigenvalue weighted by Crippen LogP contribution is 2.43. The zero-order valence-electron chi connectivity index (χ0n) is 14.7. The van der Waals surface area contributed by atoms with Crippen molar-refractivity contribution in [2.75, 3.05) is 39.0 Å². The van der Waals surface area contributed by atoms with Gasteiger partial charge in [0.25, 0.3) is 5.91 Å². The number of anilines is 1. The van der Waals surface area contributed by atoms with E-state index in [2.05, 4.69) is 15.2 Å². The van der Waals surface area contributed by atoms with Crippen LogP contribution in [0.3, 0.4) is 0 Å². The van der Waals surface area contributed by atoms with Crippen molar-refractivity contribution in [2.45, 2.75) is 32.2 Å². The van der Waals surface area contributed by atoms with Crippen LogP contribution < -0.4 is 5.32 Å². The second kappa shape index (κ2) is 6.51. The van der Waals surface area contributed by atoms with Gasteiger partial charge in [-0.3, -0.25) is 14.5 Å². The summed E-state index contributed by atoms with van der Waals surface area (Å²) >= 11 is 0. The molecular weight excluding hydrogens is 304 g/mol. The molecule has 2 fully saturated rings. The molecule has 1 atom stereocenters. The van der Waals surface area contributed by atoms with Gasteiger partial charge in [0, 0.05) is 32.9 Å². The van der Waals surface area contributed by atoms with E-state index in [9.17, 15) is 9.59 Å². The Morgan fingerprint density at radius 2 is 2.04 bits per heavy atom. The van der Waals surface area contributed by atoms with Gasteiger partial charge in [-0.05, 0) is 50.8 Å². The molecule has 6 heteroatoms. The Kier molecular flexibility index (Phi) is 4.58. The number of rotatable bonds is 3. The molecule has 0 aromatic carbocycles. The standard InChI is InChI=1S/C18H26N4O2/c1-13(23)15-11-18(12-21(15)3)6-9-22(10-7-18)17(24)14-5-4-8-20-16(14)19-2/h4-5,8,15H,6-7,9-12H2,1-3H3,(H,19,20). The number of carbonyl (C=O) groups excluding carboxylic acids is 2. The van der Waals surface area contributed by atoms with E-state index in [0.717, 1.165) is 38.9 Å². The Morgan fingerprint density at radius 3 is 2.62 bits per heavy atom. The number of Topliss-reactive ketones (excluding diaryl/α,β-unsaturated/α-hetero) is 1. The molecule has 1 spiro atoms. The summed E-state index contributed by atoms with van der Waals surface area (Å²) in [6.45, 7) is 4.12. The number of pyridine rings is 1. The number of carbonyl (C=O) groups is 2. The van der Waals surface area contributed by atoms with Gasteiger partial charge in [-0.2, -0.15) is 0 Å². The monoisotopic (exact) mass is 330 g/mol. The molecule has 1 aromatic heterocycles. The number of aromatic nitrogens is 1. The zero-order valence-corrected chi connectivity index (χ0v) is 14.7. The van der Waals surface area contributed by atoms with Gasteiger partial charge in [0.2, 0.25) is 0 Å².